The van der Waals surface area contributed by atoms with Crippen molar-refractivity contribution in [2.75, 3.05) is 0 Å². The van der Waals surface area contributed by atoms with E-state index in [1.807, 2.05) is 12.1 Å². The van der Waals surface area contributed by atoms with Crippen LogP contribution in [0.5, 0.6) is 0 Å². The number of non-ortho nitro benzene ring substituents is 1. The number of hydrogen-bond acceptors (Lipinski definition) is 2. The van der Waals surface area contributed by atoms with Crippen molar-refractivity contribution in [2.24, 2.45) is 0 Å². The first-order chi connectivity index (χ1) is 17.2. The van der Waals surface area contributed by atoms with Crippen molar-refractivity contribution in [3.63, 3.8) is 0 Å². The van der Waals surface area contributed by atoms with Gasteiger partial charge in [0.05, 0.1) is 4.92 Å². The van der Waals surface area contributed by atoms with Crippen molar-refractivity contribution < 1.29 is 4.92 Å². The summed E-state index contributed by atoms with van der Waals surface area (Å²) in [5.41, 5.74) is 4.60. The van der Waals surface area contributed by atoms with Crippen molar-refractivity contribution in [2.45, 2.75) is 5.66 Å². The highest BCUT2D eigenvalue weighted by Gasteiger charge is 2.57. The molecule has 0 N–H and O–H groups in total. The molecule has 0 saturated heterocycles. The predicted molar refractivity (Wildman–Crippen MR) is 146 cm³/mol. The van der Waals surface area contributed by atoms with Crippen LogP contribution in [0.1, 0.15) is 16.8 Å². The average molecular weight is 473 g/mol. The molecule has 1 unspecified atom stereocenters. The maximum absolute atomic E-state index is 11.9. The Morgan fingerprint density at radius 1 is 0.543 bits per heavy atom. The van der Waals surface area contributed by atoms with Gasteiger partial charge >= 0.3 is 0 Å². The van der Waals surface area contributed by atoms with Crippen LogP contribution < -0.4 is 15.9 Å². The lowest BCUT2D eigenvalue weighted by Gasteiger charge is -2.34. The summed E-state index contributed by atoms with van der Waals surface area (Å²) in [5, 5.41) is 15.6. The van der Waals surface area contributed by atoms with Crippen LogP contribution in [0.2, 0.25) is 0 Å². The first kappa shape index (κ1) is 21.5. The van der Waals surface area contributed by atoms with Gasteiger partial charge in [-0.15, -0.1) is 0 Å². The molecule has 0 aliphatic heterocycles. The number of hydrogen-bond donors (Lipinski definition) is 0. The van der Waals surface area contributed by atoms with Crippen molar-refractivity contribution in [1.82, 2.24) is 0 Å². The minimum Gasteiger partial charge on any atom is -0.258 e. The molecule has 6 rings (SSSR count). The van der Waals surface area contributed by atoms with Crippen molar-refractivity contribution in [3.05, 3.63) is 155 Å². The van der Waals surface area contributed by atoms with Gasteiger partial charge in [-0.25, -0.2) is 0 Å². The zero-order chi connectivity index (χ0) is 23.8. The van der Waals surface area contributed by atoms with Crippen molar-refractivity contribution in [1.29, 1.82) is 0 Å². The molecule has 5 aromatic rings. The van der Waals surface area contributed by atoms with Gasteiger partial charge in [-0.3, -0.25) is 10.1 Å². The predicted octanol–water partition coefficient (Wildman–Crippen LogP) is 6.66. The molecule has 0 saturated carbocycles. The second kappa shape index (κ2) is 8.61. The molecule has 1 atom stereocenters. The fraction of sp³-hybridized carbons (Fsp3) is 0.0323. The molecule has 0 amide bonds. The summed E-state index contributed by atoms with van der Waals surface area (Å²) in [6.07, 6.45) is 0. The highest BCUT2D eigenvalue weighted by Crippen LogP contribution is 2.72. The Labute approximate surface area is 205 Å². The Hall–Kier alpha value is -4.07. The largest absolute Gasteiger partial charge is 0.269 e. The van der Waals surface area contributed by atoms with E-state index in [2.05, 4.69) is 115 Å². The standard InChI is InChI=1S/C31H23NO2P/c33-32(34)23-20-21-28-27-18-10-11-19-29(27)31(30(28)22-23)35(24-12-4-1-5-13-24,25-14-6-2-7-15-25)26-16-8-3-9-17-26/h1-22,31H/q+1. The first-order valence-corrected chi connectivity index (χ1v) is 13.5. The van der Waals surface area contributed by atoms with E-state index in [4.69, 9.17) is 0 Å². The third kappa shape index (κ3) is 3.31. The van der Waals surface area contributed by atoms with Gasteiger partial charge in [-0.05, 0) is 53.6 Å². The normalized spacial score (nSPS) is 14.2. The third-order valence-electron chi connectivity index (χ3n) is 6.96. The Morgan fingerprint density at radius 2 is 1.00 bits per heavy atom. The summed E-state index contributed by atoms with van der Waals surface area (Å²) in [6.45, 7) is 0. The van der Waals surface area contributed by atoms with Crippen LogP contribution in [0, 0.1) is 10.1 Å². The maximum atomic E-state index is 11.9. The van der Waals surface area contributed by atoms with Crippen LogP contribution in [-0.2, 0) is 0 Å². The van der Waals surface area contributed by atoms with Gasteiger partial charge in [0.15, 0.2) is 0 Å². The van der Waals surface area contributed by atoms with Gasteiger partial charge in [-0.1, -0.05) is 78.9 Å². The number of rotatable bonds is 5. The summed E-state index contributed by atoms with van der Waals surface area (Å²) >= 11 is 0. The zero-order valence-corrected chi connectivity index (χ0v) is 19.9. The monoisotopic (exact) mass is 472 g/mol. The highest BCUT2D eigenvalue weighted by molar-refractivity contribution is 7.96. The van der Waals surface area contributed by atoms with Crippen LogP contribution in [0.15, 0.2) is 133 Å². The lowest BCUT2D eigenvalue weighted by molar-refractivity contribution is -0.384. The van der Waals surface area contributed by atoms with Crippen molar-refractivity contribution in [3.8, 4) is 11.1 Å². The van der Waals surface area contributed by atoms with E-state index in [0.717, 1.165) is 16.7 Å². The molecule has 1 aliphatic carbocycles. The van der Waals surface area contributed by atoms with Crippen LogP contribution in [0.25, 0.3) is 11.1 Å². The van der Waals surface area contributed by atoms with E-state index in [1.54, 1.807) is 6.07 Å². The molecule has 168 valence electrons. The molecule has 35 heavy (non-hydrogen) atoms. The van der Waals surface area contributed by atoms with Gasteiger partial charge in [0.25, 0.3) is 5.69 Å². The molecule has 3 nitrogen and oxygen atoms in total. The molecule has 5 aromatic carbocycles. The second-order valence-corrected chi connectivity index (χ2v) is 12.3. The van der Waals surface area contributed by atoms with Gasteiger partial charge in [0, 0.05) is 23.3 Å². The average Bonchev–Trinajstić information content (AvgIpc) is 3.25. The SMILES string of the molecule is O=[N+]([O-])c1ccc2c(c1)C([P+](c1ccccc1)(c1ccccc1)c1ccccc1)c1ccccc1-2. The van der Waals surface area contributed by atoms with Gasteiger partial charge in [0.1, 0.15) is 28.8 Å². The Bertz CT molecular complexity index is 1420. The van der Waals surface area contributed by atoms with E-state index in [-0.39, 0.29) is 16.3 Å². The molecule has 0 spiro atoms. The molecular formula is C31H23NO2P+. The van der Waals surface area contributed by atoms with Crippen LogP contribution in [0.3, 0.4) is 0 Å². The second-order valence-electron chi connectivity index (χ2n) is 8.75. The minimum absolute atomic E-state index is 0.0409. The number of fused-ring (bicyclic) bond motifs is 3. The Balaban J connectivity index is 1.79. The fourth-order valence-electron chi connectivity index (χ4n) is 5.58. The zero-order valence-electron chi connectivity index (χ0n) is 19.0. The Morgan fingerprint density at radius 3 is 1.51 bits per heavy atom. The van der Waals surface area contributed by atoms with Crippen LogP contribution in [-0.4, -0.2) is 4.92 Å². The smallest absolute Gasteiger partial charge is 0.258 e. The molecular weight excluding hydrogens is 449 g/mol. The third-order valence-corrected chi connectivity index (χ3v) is 11.6. The molecule has 0 aromatic heterocycles. The summed E-state index contributed by atoms with van der Waals surface area (Å²) < 4.78 is 0. The molecule has 0 heterocycles. The number of nitrogens with zero attached hydrogens (tertiary/aromatic N) is 1. The summed E-state index contributed by atoms with van der Waals surface area (Å²) in [6, 6.07) is 46.0. The maximum Gasteiger partial charge on any atom is 0.269 e. The Kier molecular flexibility index (Phi) is 5.28. The molecule has 0 radical (unpaired) electrons. The van der Waals surface area contributed by atoms with E-state index >= 15 is 0 Å². The molecule has 0 fully saturated rings. The lowest BCUT2D eigenvalue weighted by Crippen LogP contribution is -2.35. The molecule has 0 bridgehead atoms. The number of nitro groups is 1. The fourth-order valence-corrected chi connectivity index (χ4v) is 10.6. The topological polar surface area (TPSA) is 43.1 Å². The molecule has 1 aliphatic rings. The van der Waals surface area contributed by atoms with Gasteiger partial charge in [-0.2, -0.15) is 0 Å². The quantitative estimate of drug-likeness (QED) is 0.163. The van der Waals surface area contributed by atoms with E-state index in [0.29, 0.717) is 0 Å². The lowest BCUT2D eigenvalue weighted by atomic mass is 10.1. The summed E-state index contributed by atoms with van der Waals surface area (Å²) in [4.78, 5) is 11.6. The molecule has 4 heteroatoms. The van der Waals surface area contributed by atoms with Crippen LogP contribution in [0.4, 0.5) is 5.69 Å². The van der Waals surface area contributed by atoms with E-state index < -0.39 is 7.26 Å². The minimum atomic E-state index is -2.34. The number of benzene rings is 5. The van der Waals surface area contributed by atoms with Gasteiger partial charge < -0.3 is 0 Å². The van der Waals surface area contributed by atoms with Gasteiger partial charge in [0.2, 0.25) is 0 Å². The summed E-state index contributed by atoms with van der Waals surface area (Å²) in [7, 11) is -2.34. The van der Waals surface area contributed by atoms with Crippen molar-refractivity contribution >= 4 is 28.9 Å². The highest BCUT2D eigenvalue weighted by atomic mass is 31.2. The van der Waals surface area contributed by atoms with E-state index in [1.165, 1.54) is 21.5 Å². The number of nitro benzene ring substituents is 1. The first-order valence-electron chi connectivity index (χ1n) is 11.6. The summed E-state index contributed by atoms with van der Waals surface area (Å²) in [5.74, 6) is 0. The van der Waals surface area contributed by atoms with E-state index in [9.17, 15) is 10.1 Å². The van der Waals surface area contributed by atoms with Crippen LogP contribution >= 0.6 is 7.26 Å².